The van der Waals surface area contributed by atoms with Crippen LogP contribution < -0.4 is 11.0 Å². The molecule has 130 valence electrons. The van der Waals surface area contributed by atoms with Crippen LogP contribution in [0.5, 0.6) is 0 Å². The quantitative estimate of drug-likeness (QED) is 0.702. The van der Waals surface area contributed by atoms with Crippen molar-refractivity contribution in [2.45, 2.75) is 50.2 Å². The van der Waals surface area contributed by atoms with E-state index in [1.54, 1.807) is 17.6 Å². The molecule has 2 N–H and O–H groups in total. The molecule has 0 unspecified atom stereocenters. The number of amides is 1. The molecule has 1 amide bonds. The minimum absolute atomic E-state index is 0.127. The highest BCUT2D eigenvalue weighted by atomic mass is 35.5. The van der Waals surface area contributed by atoms with Gasteiger partial charge in [-0.15, -0.1) is 5.10 Å². The number of thioether (sulfide) groups is 1. The minimum Gasteiger partial charge on any atom is -0.351 e. The summed E-state index contributed by atoms with van der Waals surface area (Å²) in [5.74, 6) is -0.127. The molecule has 1 heterocycles. The van der Waals surface area contributed by atoms with E-state index in [0.29, 0.717) is 23.3 Å². The van der Waals surface area contributed by atoms with Gasteiger partial charge in [0.15, 0.2) is 5.16 Å². The fraction of sp³-hybridized carbons (Fsp3) is 0.438. The van der Waals surface area contributed by atoms with Gasteiger partial charge in [0.2, 0.25) is 5.91 Å². The highest BCUT2D eigenvalue weighted by Crippen LogP contribution is 2.21. The molecule has 0 bridgehead atoms. The van der Waals surface area contributed by atoms with E-state index < -0.39 is 0 Å². The normalized spacial score (nSPS) is 12.1. The number of halogens is 1. The number of carbonyl (C=O) groups is 1. The van der Waals surface area contributed by atoms with Gasteiger partial charge in [0.05, 0.1) is 5.25 Å². The van der Waals surface area contributed by atoms with Crippen LogP contribution in [0.15, 0.2) is 34.2 Å². The van der Waals surface area contributed by atoms with E-state index in [0.717, 1.165) is 18.4 Å². The van der Waals surface area contributed by atoms with E-state index >= 15 is 0 Å². The van der Waals surface area contributed by atoms with Crippen molar-refractivity contribution in [1.82, 2.24) is 20.1 Å². The van der Waals surface area contributed by atoms with Crippen molar-refractivity contribution in [1.29, 1.82) is 0 Å². The van der Waals surface area contributed by atoms with E-state index in [4.69, 9.17) is 11.6 Å². The Balaban J connectivity index is 1.94. The summed E-state index contributed by atoms with van der Waals surface area (Å²) in [4.78, 5) is 24.0. The van der Waals surface area contributed by atoms with Crippen LogP contribution in [0.1, 0.15) is 32.3 Å². The molecule has 0 spiro atoms. The summed E-state index contributed by atoms with van der Waals surface area (Å²) in [7, 11) is 0. The first-order chi connectivity index (χ1) is 11.5. The lowest BCUT2D eigenvalue weighted by atomic mass is 10.2. The third-order valence-electron chi connectivity index (χ3n) is 3.52. The van der Waals surface area contributed by atoms with E-state index in [1.165, 1.54) is 11.8 Å². The van der Waals surface area contributed by atoms with Crippen LogP contribution in [0.4, 0.5) is 0 Å². The number of unbranched alkanes of at least 4 members (excludes halogenated alkanes) is 1. The van der Waals surface area contributed by atoms with Crippen molar-refractivity contribution >= 4 is 29.3 Å². The molecule has 0 radical (unpaired) electrons. The Morgan fingerprint density at radius 1 is 1.46 bits per heavy atom. The molecule has 1 atom stereocenters. The van der Waals surface area contributed by atoms with Gasteiger partial charge in [0.1, 0.15) is 0 Å². The summed E-state index contributed by atoms with van der Waals surface area (Å²) in [6, 6.07) is 7.38. The topological polar surface area (TPSA) is 79.8 Å². The van der Waals surface area contributed by atoms with E-state index in [1.807, 2.05) is 18.2 Å². The van der Waals surface area contributed by atoms with Crippen molar-refractivity contribution in [3.05, 3.63) is 45.3 Å². The lowest BCUT2D eigenvalue weighted by Crippen LogP contribution is -2.31. The molecule has 0 fully saturated rings. The second-order valence-electron chi connectivity index (χ2n) is 5.39. The number of aromatic nitrogens is 3. The van der Waals surface area contributed by atoms with Gasteiger partial charge in [0, 0.05) is 18.1 Å². The first-order valence-electron chi connectivity index (χ1n) is 7.86. The summed E-state index contributed by atoms with van der Waals surface area (Å²) in [5, 5.41) is 10.1. The van der Waals surface area contributed by atoms with Gasteiger partial charge in [-0.05, 0) is 25.0 Å². The van der Waals surface area contributed by atoms with Crippen LogP contribution in [-0.4, -0.2) is 25.9 Å². The monoisotopic (exact) mass is 368 g/mol. The summed E-state index contributed by atoms with van der Waals surface area (Å²) >= 11 is 7.34. The van der Waals surface area contributed by atoms with Crippen LogP contribution in [0.2, 0.25) is 5.02 Å². The van der Waals surface area contributed by atoms with Crippen molar-refractivity contribution in [2.24, 2.45) is 0 Å². The van der Waals surface area contributed by atoms with Gasteiger partial charge in [-0.1, -0.05) is 54.9 Å². The molecule has 6 nitrogen and oxygen atoms in total. The van der Waals surface area contributed by atoms with Crippen LogP contribution in [-0.2, 0) is 17.9 Å². The summed E-state index contributed by atoms with van der Waals surface area (Å²) in [6.45, 7) is 4.81. The largest absolute Gasteiger partial charge is 0.351 e. The maximum Gasteiger partial charge on any atom is 0.343 e. The average molecular weight is 369 g/mol. The van der Waals surface area contributed by atoms with Gasteiger partial charge in [-0.2, -0.15) is 0 Å². The second kappa shape index (κ2) is 8.94. The number of hydrogen-bond donors (Lipinski definition) is 2. The summed E-state index contributed by atoms with van der Waals surface area (Å²) < 4.78 is 1.58. The molecule has 2 rings (SSSR count). The van der Waals surface area contributed by atoms with Gasteiger partial charge < -0.3 is 5.32 Å². The number of H-pyrrole nitrogens is 1. The Bertz CT molecular complexity index is 744. The molecule has 2 aromatic rings. The Kier molecular flexibility index (Phi) is 6.93. The lowest BCUT2D eigenvalue weighted by molar-refractivity contribution is -0.120. The van der Waals surface area contributed by atoms with Gasteiger partial charge in [0.25, 0.3) is 0 Å². The van der Waals surface area contributed by atoms with E-state index in [-0.39, 0.29) is 16.8 Å². The molecule has 0 saturated carbocycles. The maximum atomic E-state index is 12.3. The maximum absolute atomic E-state index is 12.3. The SMILES string of the molecule is CCCCn1c(S[C@@H](C)C(=O)NCc2ccccc2Cl)n[nH]c1=O. The van der Waals surface area contributed by atoms with E-state index in [9.17, 15) is 9.59 Å². The zero-order valence-electron chi connectivity index (χ0n) is 13.7. The highest BCUT2D eigenvalue weighted by molar-refractivity contribution is 8.00. The molecule has 1 aromatic carbocycles. The van der Waals surface area contributed by atoms with Crippen molar-refractivity contribution in [3.63, 3.8) is 0 Å². The number of hydrogen-bond acceptors (Lipinski definition) is 4. The molecule has 0 aliphatic rings. The molecular formula is C16H21ClN4O2S. The third kappa shape index (κ3) is 4.88. The third-order valence-corrected chi connectivity index (χ3v) is 4.98. The van der Waals surface area contributed by atoms with Crippen molar-refractivity contribution in [2.75, 3.05) is 0 Å². The average Bonchev–Trinajstić information content (AvgIpc) is 2.91. The zero-order valence-corrected chi connectivity index (χ0v) is 15.3. The fourth-order valence-corrected chi connectivity index (χ4v) is 3.20. The Morgan fingerprint density at radius 2 is 2.21 bits per heavy atom. The predicted molar refractivity (Wildman–Crippen MR) is 96.4 cm³/mol. The van der Waals surface area contributed by atoms with Crippen LogP contribution in [0, 0.1) is 0 Å². The Morgan fingerprint density at radius 3 is 2.92 bits per heavy atom. The summed E-state index contributed by atoms with van der Waals surface area (Å²) in [6.07, 6.45) is 1.87. The lowest BCUT2D eigenvalue weighted by Gasteiger charge is -2.12. The second-order valence-corrected chi connectivity index (χ2v) is 7.10. The first-order valence-corrected chi connectivity index (χ1v) is 9.11. The molecule has 0 aliphatic carbocycles. The fourth-order valence-electron chi connectivity index (χ4n) is 2.09. The Hall–Kier alpha value is -1.73. The molecule has 0 aliphatic heterocycles. The van der Waals surface area contributed by atoms with Gasteiger partial charge >= 0.3 is 5.69 Å². The first kappa shape index (κ1) is 18.6. The number of aromatic amines is 1. The van der Waals surface area contributed by atoms with Crippen molar-refractivity contribution < 1.29 is 4.79 Å². The Labute approximate surface area is 150 Å². The molecule has 8 heteroatoms. The van der Waals surface area contributed by atoms with Gasteiger partial charge in [-0.25, -0.2) is 9.89 Å². The zero-order chi connectivity index (χ0) is 17.5. The minimum atomic E-state index is -0.372. The molecule has 0 saturated heterocycles. The van der Waals surface area contributed by atoms with Crippen LogP contribution >= 0.6 is 23.4 Å². The number of nitrogens with zero attached hydrogens (tertiary/aromatic N) is 2. The van der Waals surface area contributed by atoms with Crippen molar-refractivity contribution in [3.8, 4) is 0 Å². The van der Waals surface area contributed by atoms with Crippen LogP contribution in [0.3, 0.4) is 0 Å². The number of carbonyl (C=O) groups excluding carboxylic acids is 1. The standard InChI is InChI=1S/C16H21ClN4O2S/c1-3-4-9-21-15(23)19-20-16(21)24-11(2)14(22)18-10-12-7-5-6-8-13(12)17/h5-8,11H,3-4,9-10H2,1-2H3,(H,18,22)(H,19,23)/t11-/m0/s1. The molecule has 24 heavy (non-hydrogen) atoms. The number of nitrogens with one attached hydrogen (secondary N) is 2. The van der Waals surface area contributed by atoms with Gasteiger partial charge in [-0.3, -0.25) is 9.36 Å². The smallest absolute Gasteiger partial charge is 0.343 e. The highest BCUT2D eigenvalue weighted by Gasteiger charge is 2.18. The van der Waals surface area contributed by atoms with E-state index in [2.05, 4.69) is 22.4 Å². The molecule has 1 aromatic heterocycles. The number of rotatable bonds is 8. The number of benzene rings is 1. The predicted octanol–water partition coefficient (Wildman–Crippen LogP) is 2.82. The summed E-state index contributed by atoms with van der Waals surface area (Å²) in [5.41, 5.74) is 0.624. The van der Waals surface area contributed by atoms with Crippen LogP contribution in [0.25, 0.3) is 0 Å². The molecular weight excluding hydrogens is 348 g/mol.